The van der Waals surface area contributed by atoms with Gasteiger partial charge in [-0.05, 0) is 45.2 Å². The van der Waals surface area contributed by atoms with Gasteiger partial charge in [-0.2, -0.15) is 11.8 Å². The standard InChI is InChI=1S/C12H26N2OS/c1-4-14(5-2)12(15)11-13-9-7-6-8-10-16-3/h13H,4-11H2,1-3H3. The normalized spacial score (nSPS) is 10.4. The first-order valence-corrected chi connectivity index (χ1v) is 7.63. The van der Waals surface area contributed by atoms with E-state index in [1.54, 1.807) is 0 Å². The molecule has 0 aliphatic carbocycles. The summed E-state index contributed by atoms with van der Waals surface area (Å²) < 4.78 is 0. The molecular formula is C12H26N2OS. The van der Waals surface area contributed by atoms with Crippen LogP contribution in [0.5, 0.6) is 0 Å². The highest BCUT2D eigenvalue weighted by Crippen LogP contribution is 2.01. The summed E-state index contributed by atoms with van der Waals surface area (Å²) in [6.07, 6.45) is 5.85. The van der Waals surface area contributed by atoms with Crippen molar-refractivity contribution in [3.05, 3.63) is 0 Å². The van der Waals surface area contributed by atoms with Crippen molar-refractivity contribution in [1.82, 2.24) is 10.2 Å². The SMILES string of the molecule is CCN(CC)C(=O)CNCCCCCSC. The van der Waals surface area contributed by atoms with Gasteiger partial charge in [0.15, 0.2) is 0 Å². The number of thioether (sulfide) groups is 1. The van der Waals surface area contributed by atoms with Gasteiger partial charge in [-0.25, -0.2) is 0 Å². The molecule has 3 nitrogen and oxygen atoms in total. The number of nitrogens with one attached hydrogen (secondary N) is 1. The second-order valence-corrected chi connectivity index (χ2v) is 4.78. The van der Waals surface area contributed by atoms with Gasteiger partial charge in [-0.3, -0.25) is 4.79 Å². The molecule has 0 bridgehead atoms. The molecule has 16 heavy (non-hydrogen) atoms. The Hall–Kier alpha value is -0.220. The molecule has 0 aliphatic rings. The molecule has 96 valence electrons. The van der Waals surface area contributed by atoms with Gasteiger partial charge in [0.25, 0.3) is 0 Å². The average molecular weight is 246 g/mol. The van der Waals surface area contributed by atoms with E-state index in [4.69, 9.17) is 0 Å². The lowest BCUT2D eigenvalue weighted by Crippen LogP contribution is -2.38. The summed E-state index contributed by atoms with van der Waals surface area (Å²) in [5, 5.41) is 3.21. The second kappa shape index (κ2) is 11.3. The monoisotopic (exact) mass is 246 g/mol. The number of amides is 1. The van der Waals surface area contributed by atoms with Gasteiger partial charge in [0.1, 0.15) is 0 Å². The number of carbonyl (C=O) groups is 1. The van der Waals surface area contributed by atoms with Crippen LogP contribution in [0.4, 0.5) is 0 Å². The third kappa shape index (κ3) is 7.99. The molecule has 1 N–H and O–H groups in total. The van der Waals surface area contributed by atoms with Crippen LogP contribution in [-0.4, -0.2) is 49.0 Å². The maximum absolute atomic E-state index is 11.6. The Morgan fingerprint density at radius 2 is 1.88 bits per heavy atom. The van der Waals surface area contributed by atoms with Gasteiger partial charge in [0.05, 0.1) is 6.54 Å². The first-order chi connectivity index (χ1) is 7.76. The molecule has 0 saturated heterocycles. The van der Waals surface area contributed by atoms with Crippen molar-refractivity contribution >= 4 is 17.7 Å². The molecule has 0 rings (SSSR count). The van der Waals surface area contributed by atoms with Crippen LogP contribution in [0.1, 0.15) is 33.1 Å². The van der Waals surface area contributed by atoms with Crippen LogP contribution >= 0.6 is 11.8 Å². The molecule has 0 spiro atoms. The van der Waals surface area contributed by atoms with E-state index in [9.17, 15) is 4.79 Å². The molecule has 0 radical (unpaired) electrons. The summed E-state index contributed by atoms with van der Waals surface area (Å²) in [6.45, 7) is 7.11. The highest BCUT2D eigenvalue weighted by Gasteiger charge is 2.07. The van der Waals surface area contributed by atoms with Gasteiger partial charge in [-0.15, -0.1) is 0 Å². The van der Waals surface area contributed by atoms with Gasteiger partial charge in [0, 0.05) is 13.1 Å². The molecule has 0 heterocycles. The Balaban J connectivity index is 3.33. The fourth-order valence-electron chi connectivity index (χ4n) is 1.56. The van der Waals surface area contributed by atoms with Crippen LogP contribution in [0.25, 0.3) is 0 Å². The number of hydrogen-bond donors (Lipinski definition) is 1. The summed E-state index contributed by atoms with van der Waals surface area (Å²) in [5.41, 5.74) is 0. The largest absolute Gasteiger partial charge is 0.342 e. The Kier molecular flexibility index (Phi) is 11.1. The molecule has 0 aliphatic heterocycles. The molecule has 1 amide bonds. The second-order valence-electron chi connectivity index (χ2n) is 3.80. The number of carbonyl (C=O) groups excluding carboxylic acids is 1. The minimum absolute atomic E-state index is 0.217. The van der Waals surface area contributed by atoms with E-state index in [-0.39, 0.29) is 5.91 Å². The van der Waals surface area contributed by atoms with E-state index in [2.05, 4.69) is 11.6 Å². The fourth-order valence-corrected chi connectivity index (χ4v) is 2.05. The highest BCUT2D eigenvalue weighted by molar-refractivity contribution is 7.98. The van der Waals surface area contributed by atoms with E-state index >= 15 is 0 Å². The third-order valence-electron chi connectivity index (χ3n) is 2.59. The van der Waals surface area contributed by atoms with Crippen LogP contribution in [0, 0.1) is 0 Å². The minimum atomic E-state index is 0.217. The Morgan fingerprint density at radius 1 is 1.19 bits per heavy atom. The number of hydrogen-bond acceptors (Lipinski definition) is 3. The molecular weight excluding hydrogens is 220 g/mol. The summed E-state index contributed by atoms with van der Waals surface area (Å²) in [4.78, 5) is 13.5. The smallest absolute Gasteiger partial charge is 0.236 e. The van der Waals surface area contributed by atoms with Crippen molar-refractivity contribution in [3.8, 4) is 0 Å². The number of rotatable bonds is 10. The third-order valence-corrected chi connectivity index (χ3v) is 3.29. The van der Waals surface area contributed by atoms with Crippen LogP contribution < -0.4 is 5.32 Å². The van der Waals surface area contributed by atoms with E-state index in [0.29, 0.717) is 6.54 Å². The number of unbranched alkanes of at least 4 members (excludes halogenated alkanes) is 2. The Bertz CT molecular complexity index is 172. The van der Waals surface area contributed by atoms with Crippen molar-refractivity contribution in [2.45, 2.75) is 33.1 Å². The van der Waals surface area contributed by atoms with Crippen molar-refractivity contribution in [2.24, 2.45) is 0 Å². The molecule has 0 unspecified atom stereocenters. The summed E-state index contributed by atoms with van der Waals surface area (Å²) in [7, 11) is 0. The van der Waals surface area contributed by atoms with Gasteiger partial charge in [0.2, 0.25) is 5.91 Å². The van der Waals surface area contributed by atoms with E-state index in [1.807, 2.05) is 30.5 Å². The zero-order valence-corrected chi connectivity index (χ0v) is 11.7. The molecule has 0 aromatic carbocycles. The lowest BCUT2D eigenvalue weighted by Gasteiger charge is -2.18. The molecule has 4 heteroatoms. The highest BCUT2D eigenvalue weighted by atomic mass is 32.2. The first-order valence-electron chi connectivity index (χ1n) is 6.23. The molecule has 0 atom stereocenters. The minimum Gasteiger partial charge on any atom is -0.342 e. The number of nitrogens with zero attached hydrogens (tertiary/aromatic N) is 1. The van der Waals surface area contributed by atoms with Crippen LogP contribution in [0.2, 0.25) is 0 Å². The lowest BCUT2D eigenvalue weighted by atomic mass is 10.2. The Morgan fingerprint density at radius 3 is 2.44 bits per heavy atom. The molecule has 0 saturated carbocycles. The Labute approximate surface area is 104 Å². The maximum Gasteiger partial charge on any atom is 0.236 e. The maximum atomic E-state index is 11.6. The lowest BCUT2D eigenvalue weighted by molar-refractivity contribution is -0.129. The van der Waals surface area contributed by atoms with Crippen LogP contribution in [-0.2, 0) is 4.79 Å². The topological polar surface area (TPSA) is 32.3 Å². The predicted octanol–water partition coefficient (Wildman–Crippen LogP) is 1.98. The van der Waals surface area contributed by atoms with Crippen LogP contribution in [0.15, 0.2) is 0 Å². The molecule has 0 aromatic heterocycles. The molecule has 0 fully saturated rings. The number of likely N-dealkylation sites (N-methyl/N-ethyl adjacent to an activating group) is 1. The van der Waals surface area contributed by atoms with E-state index in [1.165, 1.54) is 25.0 Å². The van der Waals surface area contributed by atoms with Crippen molar-refractivity contribution < 1.29 is 4.79 Å². The van der Waals surface area contributed by atoms with Gasteiger partial charge >= 0.3 is 0 Å². The first kappa shape index (κ1) is 15.8. The van der Waals surface area contributed by atoms with E-state index < -0.39 is 0 Å². The summed E-state index contributed by atoms with van der Waals surface area (Å²) in [6, 6.07) is 0. The van der Waals surface area contributed by atoms with Crippen molar-refractivity contribution in [2.75, 3.05) is 38.2 Å². The zero-order chi connectivity index (χ0) is 12.2. The van der Waals surface area contributed by atoms with Crippen molar-refractivity contribution in [1.29, 1.82) is 0 Å². The van der Waals surface area contributed by atoms with Crippen LogP contribution in [0.3, 0.4) is 0 Å². The molecule has 0 aromatic rings. The average Bonchev–Trinajstić information content (AvgIpc) is 2.29. The van der Waals surface area contributed by atoms with Gasteiger partial charge < -0.3 is 10.2 Å². The van der Waals surface area contributed by atoms with Gasteiger partial charge in [-0.1, -0.05) is 6.42 Å². The quantitative estimate of drug-likeness (QED) is 0.598. The summed E-state index contributed by atoms with van der Waals surface area (Å²) in [5.74, 6) is 1.47. The van der Waals surface area contributed by atoms with E-state index in [0.717, 1.165) is 19.6 Å². The fraction of sp³-hybridized carbons (Fsp3) is 0.917. The van der Waals surface area contributed by atoms with Crippen molar-refractivity contribution in [3.63, 3.8) is 0 Å². The zero-order valence-electron chi connectivity index (χ0n) is 10.9. The summed E-state index contributed by atoms with van der Waals surface area (Å²) >= 11 is 1.90. The predicted molar refractivity (Wildman–Crippen MR) is 73.0 cm³/mol.